The number of aryl methyl sites for hydroxylation is 2. The Balaban J connectivity index is 2.00. The highest BCUT2D eigenvalue weighted by Crippen LogP contribution is 2.32. The number of likely N-dealkylation sites (tertiary alicyclic amines) is 1. The van der Waals surface area contributed by atoms with E-state index in [9.17, 15) is 14.7 Å². The van der Waals surface area contributed by atoms with Gasteiger partial charge >= 0.3 is 5.97 Å². The first-order valence-electron chi connectivity index (χ1n) is 7.39. The Morgan fingerprint density at radius 2 is 1.91 bits per heavy atom. The van der Waals surface area contributed by atoms with Gasteiger partial charge in [0.05, 0.1) is 0 Å². The van der Waals surface area contributed by atoms with Crippen molar-refractivity contribution in [1.29, 1.82) is 0 Å². The number of nitrogens with zero attached hydrogens (tertiary/aromatic N) is 1. The van der Waals surface area contributed by atoms with Crippen LogP contribution in [0.15, 0.2) is 22.6 Å². The second-order valence-corrected chi connectivity index (χ2v) is 6.22. The van der Waals surface area contributed by atoms with E-state index in [1.54, 1.807) is 13.0 Å². The quantitative estimate of drug-likeness (QED) is 0.925. The van der Waals surface area contributed by atoms with Crippen LogP contribution in [-0.4, -0.2) is 34.0 Å². The van der Waals surface area contributed by atoms with Gasteiger partial charge in [-0.2, -0.15) is 0 Å². The third-order valence-corrected chi connectivity index (χ3v) is 4.69. The number of benzene rings is 1. The molecule has 0 saturated carbocycles. The van der Waals surface area contributed by atoms with Crippen LogP contribution < -0.4 is 0 Å². The van der Waals surface area contributed by atoms with Crippen LogP contribution in [0.1, 0.15) is 41.4 Å². The second-order valence-electron chi connectivity index (χ2n) is 6.22. The number of furan rings is 1. The lowest BCUT2D eigenvalue weighted by Gasteiger charge is -2.30. The van der Waals surface area contributed by atoms with Crippen LogP contribution >= 0.6 is 0 Å². The summed E-state index contributed by atoms with van der Waals surface area (Å²) in [7, 11) is 0. The molecule has 5 heteroatoms. The Morgan fingerprint density at radius 3 is 2.59 bits per heavy atom. The van der Waals surface area contributed by atoms with E-state index in [0.29, 0.717) is 25.0 Å². The fraction of sp³-hybridized carbons (Fsp3) is 0.412. The van der Waals surface area contributed by atoms with Crippen LogP contribution in [0.5, 0.6) is 0 Å². The van der Waals surface area contributed by atoms with Gasteiger partial charge in [-0.15, -0.1) is 0 Å². The molecule has 1 aliphatic heterocycles. The molecule has 2 heterocycles. The molecule has 0 bridgehead atoms. The average Bonchev–Trinajstić information content (AvgIpc) is 3.03. The van der Waals surface area contributed by atoms with Crippen molar-refractivity contribution in [1.82, 2.24) is 4.90 Å². The predicted octanol–water partition coefficient (Wildman–Crippen LogP) is 3.13. The normalized spacial score (nSPS) is 21.5. The molecule has 5 nitrogen and oxygen atoms in total. The highest BCUT2D eigenvalue weighted by Gasteiger charge is 2.46. The van der Waals surface area contributed by atoms with Gasteiger partial charge in [0, 0.05) is 11.9 Å². The monoisotopic (exact) mass is 301 g/mol. The molecule has 116 valence electrons. The van der Waals surface area contributed by atoms with Crippen molar-refractivity contribution in [3.8, 4) is 0 Å². The van der Waals surface area contributed by atoms with Crippen LogP contribution in [0.2, 0.25) is 0 Å². The highest BCUT2D eigenvalue weighted by atomic mass is 16.4. The molecule has 22 heavy (non-hydrogen) atoms. The van der Waals surface area contributed by atoms with E-state index in [-0.39, 0.29) is 11.7 Å². The average molecular weight is 301 g/mol. The number of fused-ring (bicyclic) bond motifs is 1. The first-order valence-corrected chi connectivity index (χ1v) is 7.39. The summed E-state index contributed by atoms with van der Waals surface area (Å²) in [4.78, 5) is 25.6. The summed E-state index contributed by atoms with van der Waals surface area (Å²) < 4.78 is 5.67. The SMILES string of the molecule is Cc1cc2cc(C(=O)N3CCCC3(C)C(=O)O)oc2cc1C. The molecule has 1 atom stereocenters. The van der Waals surface area contributed by atoms with Gasteiger partial charge in [0.15, 0.2) is 5.76 Å². The van der Waals surface area contributed by atoms with Gasteiger partial charge in [0.25, 0.3) is 5.91 Å². The number of amides is 1. The molecule has 1 amide bonds. The molecule has 1 N–H and O–H groups in total. The van der Waals surface area contributed by atoms with E-state index >= 15 is 0 Å². The summed E-state index contributed by atoms with van der Waals surface area (Å²) >= 11 is 0. The van der Waals surface area contributed by atoms with Crippen molar-refractivity contribution >= 4 is 22.8 Å². The van der Waals surface area contributed by atoms with Gasteiger partial charge < -0.3 is 14.4 Å². The van der Waals surface area contributed by atoms with E-state index in [2.05, 4.69) is 0 Å². The Bertz CT molecular complexity index is 737. The topological polar surface area (TPSA) is 70.8 Å². The number of rotatable bonds is 2. The van der Waals surface area contributed by atoms with Crippen LogP contribution in [0.25, 0.3) is 11.0 Å². The molecule has 1 fully saturated rings. The summed E-state index contributed by atoms with van der Waals surface area (Å²) in [5.41, 5.74) is 1.73. The lowest BCUT2D eigenvalue weighted by Crippen LogP contribution is -2.50. The van der Waals surface area contributed by atoms with Gasteiger partial charge in [-0.25, -0.2) is 4.79 Å². The first kappa shape index (κ1) is 14.6. The third kappa shape index (κ3) is 2.08. The van der Waals surface area contributed by atoms with E-state index in [1.165, 1.54) is 4.90 Å². The number of hydrogen-bond acceptors (Lipinski definition) is 3. The van der Waals surface area contributed by atoms with Crippen LogP contribution in [0.3, 0.4) is 0 Å². The van der Waals surface area contributed by atoms with Crippen LogP contribution in [-0.2, 0) is 4.79 Å². The molecule has 0 radical (unpaired) electrons. The van der Waals surface area contributed by atoms with Gasteiger partial charge in [-0.3, -0.25) is 4.79 Å². The zero-order valence-corrected chi connectivity index (χ0v) is 13.0. The fourth-order valence-electron chi connectivity index (χ4n) is 3.05. The summed E-state index contributed by atoms with van der Waals surface area (Å²) in [6.07, 6.45) is 1.15. The number of carbonyl (C=O) groups is 2. The Kier molecular flexibility index (Phi) is 3.24. The largest absolute Gasteiger partial charge is 0.480 e. The smallest absolute Gasteiger partial charge is 0.329 e. The summed E-state index contributed by atoms with van der Waals surface area (Å²) in [5.74, 6) is -1.12. The van der Waals surface area contributed by atoms with Gasteiger partial charge in [-0.05, 0) is 62.9 Å². The van der Waals surface area contributed by atoms with E-state index in [1.807, 2.05) is 26.0 Å². The lowest BCUT2D eigenvalue weighted by atomic mass is 9.99. The van der Waals surface area contributed by atoms with Crippen molar-refractivity contribution in [2.45, 2.75) is 39.2 Å². The van der Waals surface area contributed by atoms with E-state index in [0.717, 1.165) is 16.5 Å². The number of carboxylic acid groups (broad SMARTS) is 1. The minimum Gasteiger partial charge on any atom is -0.480 e. The van der Waals surface area contributed by atoms with Crippen molar-refractivity contribution < 1.29 is 19.1 Å². The molecule has 0 aliphatic carbocycles. The lowest BCUT2D eigenvalue weighted by molar-refractivity contribution is -0.147. The maximum absolute atomic E-state index is 12.7. The Labute approximate surface area is 128 Å². The van der Waals surface area contributed by atoms with Gasteiger partial charge in [0.1, 0.15) is 11.1 Å². The zero-order valence-electron chi connectivity index (χ0n) is 13.0. The minimum atomic E-state index is -1.15. The molecular formula is C17H19NO4. The molecule has 0 spiro atoms. The third-order valence-electron chi connectivity index (χ3n) is 4.69. The summed E-state index contributed by atoms with van der Waals surface area (Å²) in [6.45, 7) is 6.03. The predicted molar refractivity (Wildman–Crippen MR) is 82.0 cm³/mol. The molecule has 1 aromatic carbocycles. The molecule has 1 unspecified atom stereocenters. The van der Waals surface area contributed by atoms with Crippen molar-refractivity contribution in [3.63, 3.8) is 0 Å². The van der Waals surface area contributed by atoms with Gasteiger partial charge in [0.2, 0.25) is 0 Å². The fourth-order valence-corrected chi connectivity index (χ4v) is 3.05. The Morgan fingerprint density at radius 1 is 1.23 bits per heavy atom. The summed E-state index contributed by atoms with van der Waals surface area (Å²) in [6, 6.07) is 5.58. The molecule has 1 aromatic heterocycles. The maximum atomic E-state index is 12.7. The summed E-state index contributed by atoms with van der Waals surface area (Å²) in [5, 5.41) is 10.3. The first-order chi connectivity index (χ1) is 10.3. The standard InChI is InChI=1S/C17H19NO4/c1-10-7-12-9-14(22-13(12)8-11(10)2)15(19)18-6-4-5-17(18,3)16(20)21/h7-9H,4-6H2,1-3H3,(H,20,21). The molecule has 1 aliphatic rings. The number of carboxylic acids is 1. The number of carbonyl (C=O) groups excluding carboxylic acids is 1. The van der Waals surface area contributed by atoms with Crippen LogP contribution in [0, 0.1) is 13.8 Å². The molecule has 2 aromatic rings. The molecule has 1 saturated heterocycles. The number of aliphatic carboxylic acids is 1. The van der Waals surface area contributed by atoms with E-state index < -0.39 is 11.5 Å². The molecule has 3 rings (SSSR count). The van der Waals surface area contributed by atoms with Crippen molar-refractivity contribution in [2.75, 3.05) is 6.54 Å². The van der Waals surface area contributed by atoms with Crippen molar-refractivity contribution in [2.24, 2.45) is 0 Å². The number of hydrogen-bond donors (Lipinski definition) is 1. The van der Waals surface area contributed by atoms with E-state index in [4.69, 9.17) is 4.42 Å². The van der Waals surface area contributed by atoms with Crippen molar-refractivity contribution in [3.05, 3.63) is 35.1 Å². The zero-order chi connectivity index (χ0) is 16.1. The van der Waals surface area contributed by atoms with Gasteiger partial charge in [-0.1, -0.05) is 0 Å². The highest BCUT2D eigenvalue weighted by molar-refractivity contribution is 5.99. The maximum Gasteiger partial charge on any atom is 0.329 e. The Hall–Kier alpha value is -2.30. The van der Waals surface area contributed by atoms with Crippen LogP contribution in [0.4, 0.5) is 0 Å². The second kappa shape index (κ2) is 4.87. The minimum absolute atomic E-state index is 0.203. The molecular weight excluding hydrogens is 282 g/mol.